The van der Waals surface area contributed by atoms with E-state index in [1.54, 1.807) is 0 Å². The molecule has 1 aliphatic rings. The van der Waals surface area contributed by atoms with Crippen molar-refractivity contribution in [3.63, 3.8) is 0 Å². The molecule has 0 atom stereocenters. The van der Waals surface area contributed by atoms with Gasteiger partial charge in [-0.15, -0.1) is 0 Å². The fraction of sp³-hybridized carbons (Fsp3) is 0.238. The van der Waals surface area contributed by atoms with Crippen LogP contribution in [0.1, 0.15) is 48.9 Å². The predicted octanol–water partition coefficient (Wildman–Crippen LogP) is 6.10. The molecular weight excluding hydrogens is 252 g/mol. The molecule has 0 spiro atoms. The summed E-state index contributed by atoms with van der Waals surface area (Å²) in [5, 5.41) is 0. The highest BCUT2D eigenvalue weighted by Crippen LogP contribution is 2.40. The lowest BCUT2D eigenvalue weighted by molar-refractivity contribution is 1.22. The lowest BCUT2D eigenvalue weighted by atomic mass is 9.95. The summed E-state index contributed by atoms with van der Waals surface area (Å²) in [5.41, 5.74) is 8.50. The molecule has 3 rings (SSSR count). The molecule has 2 aromatic carbocycles. The van der Waals surface area contributed by atoms with E-state index < -0.39 is 0 Å². The zero-order chi connectivity index (χ0) is 14.7. The van der Waals surface area contributed by atoms with Gasteiger partial charge in [-0.05, 0) is 52.6 Å². The van der Waals surface area contributed by atoms with Gasteiger partial charge in [0.1, 0.15) is 0 Å². The third kappa shape index (κ3) is 2.58. The topological polar surface area (TPSA) is 0 Å². The molecule has 106 valence electrons. The Morgan fingerprint density at radius 3 is 2.43 bits per heavy atom. The zero-order valence-corrected chi connectivity index (χ0v) is 12.9. The number of fused-ring (bicyclic) bond motifs is 3. The molecule has 21 heavy (non-hydrogen) atoms. The lowest BCUT2D eigenvalue weighted by Crippen LogP contribution is -1.91. The number of benzene rings is 2. The van der Waals surface area contributed by atoms with Crippen LogP contribution in [0.4, 0.5) is 0 Å². The van der Waals surface area contributed by atoms with Crippen molar-refractivity contribution in [3.8, 4) is 11.1 Å². The van der Waals surface area contributed by atoms with Crippen LogP contribution in [-0.2, 0) is 6.42 Å². The summed E-state index contributed by atoms with van der Waals surface area (Å²) >= 11 is 0. The largest absolute Gasteiger partial charge is 0.0842 e. The number of allylic oxidation sites excluding steroid dienone is 2. The normalized spacial score (nSPS) is 13.0. The molecule has 1 aliphatic carbocycles. The van der Waals surface area contributed by atoms with E-state index in [-0.39, 0.29) is 0 Å². The minimum Gasteiger partial charge on any atom is -0.0842 e. The van der Waals surface area contributed by atoms with Crippen molar-refractivity contribution in [3.05, 3.63) is 70.8 Å². The number of rotatable bonds is 4. The van der Waals surface area contributed by atoms with Crippen LogP contribution in [0.2, 0.25) is 0 Å². The van der Waals surface area contributed by atoms with E-state index in [0.29, 0.717) is 0 Å². The lowest BCUT2D eigenvalue weighted by Gasteiger charge is -2.09. The quantitative estimate of drug-likeness (QED) is 0.539. The van der Waals surface area contributed by atoms with Gasteiger partial charge >= 0.3 is 0 Å². The summed E-state index contributed by atoms with van der Waals surface area (Å²) in [6.07, 6.45) is 12.3. The van der Waals surface area contributed by atoms with Gasteiger partial charge in [-0.25, -0.2) is 0 Å². The maximum atomic E-state index is 2.31. The molecule has 2 aromatic rings. The monoisotopic (exact) mass is 274 g/mol. The van der Waals surface area contributed by atoms with Crippen molar-refractivity contribution in [2.75, 3.05) is 0 Å². The van der Waals surface area contributed by atoms with Crippen molar-refractivity contribution in [2.45, 2.75) is 33.1 Å². The van der Waals surface area contributed by atoms with Crippen LogP contribution in [-0.4, -0.2) is 0 Å². The highest BCUT2D eigenvalue weighted by atomic mass is 14.2. The highest BCUT2D eigenvalue weighted by molar-refractivity contribution is 5.83. The van der Waals surface area contributed by atoms with E-state index in [4.69, 9.17) is 0 Å². The van der Waals surface area contributed by atoms with E-state index in [0.717, 1.165) is 19.3 Å². The van der Waals surface area contributed by atoms with Crippen LogP contribution >= 0.6 is 0 Å². The Labute approximate surface area is 127 Å². The maximum Gasteiger partial charge on any atom is -0.000729 e. The third-order valence-electron chi connectivity index (χ3n) is 4.12. The van der Waals surface area contributed by atoms with Crippen molar-refractivity contribution in [1.29, 1.82) is 0 Å². The van der Waals surface area contributed by atoms with E-state index >= 15 is 0 Å². The Morgan fingerprint density at radius 1 is 0.857 bits per heavy atom. The highest BCUT2D eigenvalue weighted by Gasteiger charge is 2.20. The molecule has 0 fully saturated rings. The summed E-state index contributed by atoms with van der Waals surface area (Å²) in [6, 6.07) is 13.3. The Kier molecular flexibility index (Phi) is 4.06. The van der Waals surface area contributed by atoms with Crippen LogP contribution in [0.3, 0.4) is 0 Å². The second-order valence-corrected chi connectivity index (χ2v) is 5.55. The molecule has 0 heterocycles. The minimum atomic E-state index is 1.06. The van der Waals surface area contributed by atoms with Gasteiger partial charge in [-0.1, -0.05) is 74.5 Å². The minimum absolute atomic E-state index is 1.06. The van der Waals surface area contributed by atoms with Crippen LogP contribution < -0.4 is 0 Å². The molecule has 0 saturated heterocycles. The van der Waals surface area contributed by atoms with Gasteiger partial charge in [0.25, 0.3) is 0 Å². The summed E-state index contributed by atoms with van der Waals surface area (Å²) in [4.78, 5) is 0. The molecule has 0 N–H and O–H groups in total. The van der Waals surface area contributed by atoms with Gasteiger partial charge in [0, 0.05) is 0 Å². The molecular formula is C21H22. The molecule has 0 saturated carbocycles. The predicted molar refractivity (Wildman–Crippen MR) is 93.3 cm³/mol. The summed E-state index contributed by atoms with van der Waals surface area (Å²) in [6.45, 7) is 4.37. The average Bonchev–Trinajstić information content (AvgIpc) is 2.90. The Hall–Kier alpha value is -2.08. The molecule has 0 nitrogen and oxygen atoms in total. The van der Waals surface area contributed by atoms with E-state index in [2.05, 4.69) is 74.5 Å². The van der Waals surface area contributed by atoms with Gasteiger partial charge in [0.2, 0.25) is 0 Å². The second kappa shape index (κ2) is 6.13. The summed E-state index contributed by atoms with van der Waals surface area (Å²) < 4.78 is 0. The maximum absolute atomic E-state index is 2.31. The summed E-state index contributed by atoms with van der Waals surface area (Å²) in [5.74, 6) is 0. The standard InChI is InChI=1S/C21H22/c1-3-5-9-16-13-14-20-19-12-8-7-10-17(19)15-21(20)18(16)11-6-4-2/h5-14H,3-4,15H2,1-2H3. The smallest absolute Gasteiger partial charge is 0.000729 e. The van der Waals surface area contributed by atoms with Crippen molar-refractivity contribution >= 4 is 12.2 Å². The van der Waals surface area contributed by atoms with Crippen molar-refractivity contribution in [1.82, 2.24) is 0 Å². The van der Waals surface area contributed by atoms with Crippen LogP contribution in [0.15, 0.2) is 48.6 Å². The number of hydrogen-bond donors (Lipinski definition) is 0. The van der Waals surface area contributed by atoms with Gasteiger partial charge in [-0.2, -0.15) is 0 Å². The summed E-state index contributed by atoms with van der Waals surface area (Å²) in [7, 11) is 0. The Balaban J connectivity index is 2.15. The van der Waals surface area contributed by atoms with Crippen LogP contribution in [0.5, 0.6) is 0 Å². The molecule has 0 amide bonds. The zero-order valence-electron chi connectivity index (χ0n) is 12.9. The van der Waals surface area contributed by atoms with Crippen molar-refractivity contribution in [2.24, 2.45) is 0 Å². The Morgan fingerprint density at radius 2 is 1.62 bits per heavy atom. The first-order chi connectivity index (χ1) is 10.3. The van der Waals surface area contributed by atoms with Crippen molar-refractivity contribution < 1.29 is 0 Å². The SMILES string of the molecule is CCC=Cc1ccc2c(c1C=CCC)Cc1ccccc1-2. The van der Waals surface area contributed by atoms with E-state index in [1.807, 2.05) is 0 Å². The second-order valence-electron chi connectivity index (χ2n) is 5.55. The van der Waals surface area contributed by atoms with E-state index in [9.17, 15) is 0 Å². The first-order valence-electron chi connectivity index (χ1n) is 7.92. The fourth-order valence-electron chi connectivity index (χ4n) is 3.08. The van der Waals surface area contributed by atoms with Gasteiger partial charge < -0.3 is 0 Å². The average molecular weight is 274 g/mol. The molecule has 0 bridgehead atoms. The molecule has 0 aromatic heterocycles. The first-order valence-corrected chi connectivity index (χ1v) is 7.92. The van der Waals surface area contributed by atoms with Crippen LogP contribution in [0, 0.1) is 0 Å². The number of hydrogen-bond acceptors (Lipinski definition) is 0. The first kappa shape index (κ1) is 13.9. The third-order valence-corrected chi connectivity index (χ3v) is 4.12. The molecule has 0 aliphatic heterocycles. The molecule has 0 unspecified atom stereocenters. The molecule has 0 radical (unpaired) electrons. The molecule has 0 heteroatoms. The fourth-order valence-corrected chi connectivity index (χ4v) is 3.08. The van der Waals surface area contributed by atoms with Gasteiger partial charge in [0.15, 0.2) is 0 Å². The Bertz CT molecular complexity index is 702. The van der Waals surface area contributed by atoms with Gasteiger partial charge in [-0.3, -0.25) is 0 Å². The van der Waals surface area contributed by atoms with Crippen LogP contribution in [0.25, 0.3) is 23.3 Å². The van der Waals surface area contributed by atoms with E-state index in [1.165, 1.54) is 33.4 Å². The van der Waals surface area contributed by atoms with Gasteiger partial charge in [0.05, 0.1) is 0 Å².